The van der Waals surface area contributed by atoms with E-state index in [1.807, 2.05) is 35.8 Å². The standard InChI is InChI=1S/C23H27N5O3/c1-4-31-12-19-27-20-21(28(19)13-23(2,3)30)17-6-5-15(8-18(17)26-22(20)24)16-7-14(11-29)9-25-10-16/h5-10,29-30H,4,11-13H2,1-3H3,(H2,24,26). The van der Waals surface area contributed by atoms with Crippen molar-refractivity contribution in [2.24, 2.45) is 0 Å². The summed E-state index contributed by atoms with van der Waals surface area (Å²) in [6.45, 7) is 6.60. The molecule has 4 aromatic rings. The van der Waals surface area contributed by atoms with Crippen molar-refractivity contribution >= 4 is 27.8 Å². The van der Waals surface area contributed by atoms with E-state index in [1.54, 1.807) is 26.2 Å². The van der Waals surface area contributed by atoms with Gasteiger partial charge in [-0.25, -0.2) is 9.97 Å². The molecule has 0 bridgehead atoms. The number of fused-ring (bicyclic) bond motifs is 3. The zero-order chi connectivity index (χ0) is 22.2. The molecule has 0 amide bonds. The van der Waals surface area contributed by atoms with E-state index in [-0.39, 0.29) is 6.61 Å². The molecule has 3 aromatic heterocycles. The fraction of sp³-hybridized carbons (Fsp3) is 0.348. The largest absolute Gasteiger partial charge is 0.392 e. The molecule has 1 aromatic carbocycles. The van der Waals surface area contributed by atoms with Crippen LogP contribution in [0.1, 0.15) is 32.2 Å². The first-order valence-corrected chi connectivity index (χ1v) is 10.2. The van der Waals surface area contributed by atoms with Crippen LogP contribution in [0.4, 0.5) is 5.82 Å². The number of ether oxygens (including phenoxy) is 1. The molecular formula is C23H27N5O3. The smallest absolute Gasteiger partial charge is 0.152 e. The van der Waals surface area contributed by atoms with Gasteiger partial charge in [0.25, 0.3) is 0 Å². The number of pyridine rings is 2. The highest BCUT2D eigenvalue weighted by molar-refractivity contribution is 6.07. The molecule has 0 aliphatic carbocycles. The summed E-state index contributed by atoms with van der Waals surface area (Å²) in [6.07, 6.45) is 3.39. The van der Waals surface area contributed by atoms with Crippen molar-refractivity contribution in [2.75, 3.05) is 12.3 Å². The SMILES string of the molecule is CCOCc1nc2c(N)nc3cc(-c4cncc(CO)c4)ccc3c2n1CC(C)(C)O. The molecule has 0 spiro atoms. The van der Waals surface area contributed by atoms with Gasteiger partial charge in [0.2, 0.25) is 0 Å². The molecule has 0 unspecified atom stereocenters. The van der Waals surface area contributed by atoms with Crippen LogP contribution in [-0.4, -0.2) is 41.9 Å². The normalized spacial score (nSPS) is 12.2. The second-order valence-corrected chi connectivity index (χ2v) is 8.23. The second kappa shape index (κ2) is 8.22. The Morgan fingerprint density at radius 2 is 1.94 bits per heavy atom. The average molecular weight is 422 g/mol. The second-order valence-electron chi connectivity index (χ2n) is 8.23. The minimum atomic E-state index is -0.949. The van der Waals surface area contributed by atoms with E-state index in [4.69, 9.17) is 10.5 Å². The lowest BCUT2D eigenvalue weighted by Gasteiger charge is -2.20. The van der Waals surface area contributed by atoms with Gasteiger partial charge in [-0.15, -0.1) is 0 Å². The van der Waals surface area contributed by atoms with Crippen LogP contribution < -0.4 is 5.73 Å². The maximum Gasteiger partial charge on any atom is 0.152 e. The van der Waals surface area contributed by atoms with E-state index in [1.165, 1.54) is 0 Å². The van der Waals surface area contributed by atoms with E-state index in [0.29, 0.717) is 36.9 Å². The van der Waals surface area contributed by atoms with Gasteiger partial charge in [0, 0.05) is 30.0 Å². The van der Waals surface area contributed by atoms with Crippen LogP contribution in [0.2, 0.25) is 0 Å². The van der Waals surface area contributed by atoms with Gasteiger partial charge in [-0.05, 0) is 44.0 Å². The van der Waals surface area contributed by atoms with Gasteiger partial charge >= 0.3 is 0 Å². The molecule has 31 heavy (non-hydrogen) atoms. The predicted octanol–water partition coefficient (Wildman–Crippen LogP) is 3.03. The van der Waals surface area contributed by atoms with Gasteiger partial charge in [-0.3, -0.25) is 4.98 Å². The highest BCUT2D eigenvalue weighted by atomic mass is 16.5. The molecule has 4 N–H and O–H groups in total. The third-order valence-corrected chi connectivity index (χ3v) is 5.07. The number of hydrogen-bond acceptors (Lipinski definition) is 7. The third kappa shape index (κ3) is 4.23. The minimum absolute atomic E-state index is 0.0705. The van der Waals surface area contributed by atoms with Gasteiger partial charge < -0.3 is 25.3 Å². The van der Waals surface area contributed by atoms with Crippen molar-refractivity contribution in [3.8, 4) is 11.1 Å². The molecule has 4 rings (SSSR count). The summed E-state index contributed by atoms with van der Waals surface area (Å²) in [6, 6.07) is 7.82. The van der Waals surface area contributed by atoms with Crippen LogP contribution in [-0.2, 0) is 24.5 Å². The Hall–Kier alpha value is -3.07. The van der Waals surface area contributed by atoms with Gasteiger partial charge in [0.05, 0.1) is 29.8 Å². The fourth-order valence-electron chi connectivity index (χ4n) is 3.73. The Labute approximate surface area is 180 Å². The first kappa shape index (κ1) is 21.2. The number of rotatable bonds is 7. The number of benzene rings is 1. The zero-order valence-corrected chi connectivity index (χ0v) is 18.0. The molecule has 0 radical (unpaired) electrons. The maximum absolute atomic E-state index is 10.5. The van der Waals surface area contributed by atoms with Crippen LogP contribution in [0.25, 0.3) is 33.1 Å². The van der Waals surface area contributed by atoms with Crippen molar-refractivity contribution in [2.45, 2.75) is 46.1 Å². The lowest BCUT2D eigenvalue weighted by atomic mass is 10.0. The van der Waals surface area contributed by atoms with E-state index in [0.717, 1.165) is 33.1 Å². The number of nitrogens with zero attached hydrogens (tertiary/aromatic N) is 4. The Bertz CT molecular complexity index is 1240. The lowest BCUT2D eigenvalue weighted by Crippen LogP contribution is -2.27. The Morgan fingerprint density at radius 3 is 2.65 bits per heavy atom. The molecule has 0 fully saturated rings. The van der Waals surface area contributed by atoms with Crippen molar-refractivity contribution in [1.82, 2.24) is 19.5 Å². The van der Waals surface area contributed by atoms with Crippen LogP contribution in [0, 0.1) is 0 Å². The molecule has 162 valence electrons. The van der Waals surface area contributed by atoms with E-state index in [2.05, 4.69) is 15.0 Å². The predicted molar refractivity (Wildman–Crippen MR) is 120 cm³/mol. The molecule has 8 heteroatoms. The number of aliphatic hydroxyl groups excluding tert-OH is 1. The summed E-state index contributed by atoms with van der Waals surface area (Å²) < 4.78 is 7.57. The molecule has 0 aliphatic heterocycles. The van der Waals surface area contributed by atoms with Crippen LogP contribution >= 0.6 is 0 Å². The number of nitrogens with two attached hydrogens (primary N) is 1. The third-order valence-electron chi connectivity index (χ3n) is 5.07. The number of aromatic nitrogens is 4. The summed E-state index contributed by atoms with van der Waals surface area (Å²) >= 11 is 0. The average Bonchev–Trinajstić information content (AvgIpc) is 3.09. The van der Waals surface area contributed by atoms with Crippen molar-refractivity contribution in [3.63, 3.8) is 0 Å². The van der Waals surface area contributed by atoms with Crippen LogP contribution in [0.15, 0.2) is 36.7 Å². The Kier molecular flexibility index (Phi) is 5.62. The number of imidazole rings is 1. The fourth-order valence-corrected chi connectivity index (χ4v) is 3.73. The van der Waals surface area contributed by atoms with Gasteiger partial charge in [-0.2, -0.15) is 0 Å². The molecule has 0 aliphatic rings. The number of hydrogen-bond donors (Lipinski definition) is 3. The van der Waals surface area contributed by atoms with E-state index < -0.39 is 5.60 Å². The lowest BCUT2D eigenvalue weighted by molar-refractivity contribution is 0.0582. The molecule has 0 atom stereocenters. The quantitative estimate of drug-likeness (QED) is 0.419. The zero-order valence-electron chi connectivity index (χ0n) is 18.0. The van der Waals surface area contributed by atoms with E-state index >= 15 is 0 Å². The monoisotopic (exact) mass is 421 g/mol. The van der Waals surface area contributed by atoms with Gasteiger partial charge in [-0.1, -0.05) is 12.1 Å². The summed E-state index contributed by atoms with van der Waals surface area (Å²) in [4.78, 5) is 13.5. The topological polar surface area (TPSA) is 119 Å². The number of anilines is 1. The highest BCUT2D eigenvalue weighted by Crippen LogP contribution is 2.32. The Morgan fingerprint density at radius 1 is 1.13 bits per heavy atom. The first-order chi connectivity index (χ1) is 14.8. The maximum atomic E-state index is 10.5. The summed E-state index contributed by atoms with van der Waals surface area (Å²) in [7, 11) is 0. The minimum Gasteiger partial charge on any atom is -0.392 e. The Balaban J connectivity index is 1.94. The first-order valence-electron chi connectivity index (χ1n) is 10.2. The molecule has 0 saturated heterocycles. The van der Waals surface area contributed by atoms with Gasteiger partial charge in [0.1, 0.15) is 17.9 Å². The number of aliphatic hydroxyl groups is 2. The number of nitrogen functional groups attached to an aromatic ring is 1. The van der Waals surface area contributed by atoms with Crippen LogP contribution in [0.3, 0.4) is 0 Å². The molecule has 8 nitrogen and oxygen atoms in total. The summed E-state index contributed by atoms with van der Waals surface area (Å²) in [5, 5.41) is 20.8. The van der Waals surface area contributed by atoms with Crippen molar-refractivity contribution in [3.05, 3.63) is 48.0 Å². The van der Waals surface area contributed by atoms with E-state index in [9.17, 15) is 10.2 Å². The highest BCUT2D eigenvalue weighted by Gasteiger charge is 2.22. The van der Waals surface area contributed by atoms with Crippen molar-refractivity contribution in [1.29, 1.82) is 0 Å². The molecule has 3 heterocycles. The summed E-state index contributed by atoms with van der Waals surface area (Å²) in [5.74, 6) is 1.03. The van der Waals surface area contributed by atoms with Crippen LogP contribution in [0.5, 0.6) is 0 Å². The van der Waals surface area contributed by atoms with Gasteiger partial charge in [0.15, 0.2) is 5.82 Å². The molecule has 0 saturated carbocycles. The van der Waals surface area contributed by atoms with Crippen molar-refractivity contribution < 1.29 is 14.9 Å². The summed E-state index contributed by atoms with van der Waals surface area (Å²) in [5.41, 5.74) is 10.0. The molecular weight excluding hydrogens is 394 g/mol.